The van der Waals surface area contributed by atoms with Crippen molar-refractivity contribution in [2.45, 2.75) is 6.18 Å². The van der Waals surface area contributed by atoms with Crippen LogP contribution in [0.1, 0.15) is 5.56 Å². The van der Waals surface area contributed by atoms with Gasteiger partial charge in [0.15, 0.2) is 0 Å². The Hall–Kier alpha value is -2.03. The van der Waals surface area contributed by atoms with Gasteiger partial charge in [0.1, 0.15) is 11.0 Å². The van der Waals surface area contributed by atoms with Crippen LogP contribution in [0, 0.1) is 12.5 Å². The van der Waals surface area contributed by atoms with Crippen LogP contribution in [0.3, 0.4) is 0 Å². The molecule has 0 saturated carbocycles. The standard InChI is InChI=1S/C9H4F3N3/c1-2-15-8-5-6(9(10,11)12)3-4-7(8)13-14-15/h1,3-5H. The summed E-state index contributed by atoms with van der Waals surface area (Å²) in [5.74, 6) is 0. The van der Waals surface area contributed by atoms with E-state index in [0.717, 1.165) is 16.8 Å². The number of terminal acetylenes is 1. The third-order valence-electron chi connectivity index (χ3n) is 1.90. The van der Waals surface area contributed by atoms with E-state index in [1.165, 1.54) is 6.07 Å². The second-order valence-corrected chi connectivity index (χ2v) is 2.83. The molecule has 1 aromatic carbocycles. The molecule has 0 amide bonds. The van der Waals surface area contributed by atoms with Gasteiger partial charge < -0.3 is 0 Å². The second-order valence-electron chi connectivity index (χ2n) is 2.83. The highest BCUT2D eigenvalue weighted by molar-refractivity contribution is 5.76. The van der Waals surface area contributed by atoms with E-state index in [1.54, 1.807) is 0 Å². The molecule has 1 heterocycles. The predicted octanol–water partition coefficient (Wildman–Crippen LogP) is 1.89. The van der Waals surface area contributed by atoms with Crippen LogP contribution < -0.4 is 0 Å². The quantitative estimate of drug-likeness (QED) is 0.623. The summed E-state index contributed by atoms with van der Waals surface area (Å²) in [5.41, 5.74) is -0.262. The number of aromatic nitrogens is 3. The van der Waals surface area contributed by atoms with Crippen molar-refractivity contribution >= 4 is 11.0 Å². The molecule has 0 aliphatic rings. The number of hydrogen-bond donors (Lipinski definition) is 0. The number of alkyl halides is 3. The van der Waals surface area contributed by atoms with E-state index in [2.05, 4.69) is 16.4 Å². The molecule has 6 heteroatoms. The van der Waals surface area contributed by atoms with E-state index in [9.17, 15) is 13.2 Å². The minimum absolute atomic E-state index is 0.173. The van der Waals surface area contributed by atoms with Gasteiger partial charge in [-0.1, -0.05) is 11.6 Å². The summed E-state index contributed by atoms with van der Waals surface area (Å²) in [6.45, 7) is 0. The summed E-state index contributed by atoms with van der Waals surface area (Å²) < 4.78 is 38.0. The van der Waals surface area contributed by atoms with Crippen LogP contribution in [-0.2, 0) is 6.18 Å². The van der Waals surface area contributed by atoms with Gasteiger partial charge in [-0.05, 0) is 18.2 Å². The van der Waals surface area contributed by atoms with Crippen LogP contribution in [0.15, 0.2) is 18.2 Å². The van der Waals surface area contributed by atoms with Crippen molar-refractivity contribution in [1.82, 2.24) is 15.0 Å². The molecular weight excluding hydrogens is 207 g/mol. The van der Waals surface area contributed by atoms with Gasteiger partial charge in [0, 0.05) is 6.04 Å². The summed E-state index contributed by atoms with van der Waals surface area (Å²) in [5, 5.41) is 7.12. The lowest BCUT2D eigenvalue weighted by molar-refractivity contribution is -0.137. The number of benzene rings is 1. The number of fused-ring (bicyclic) bond motifs is 1. The summed E-state index contributed by atoms with van der Waals surface area (Å²) in [6.07, 6.45) is 0.658. The third kappa shape index (κ3) is 1.52. The number of rotatable bonds is 0. The van der Waals surface area contributed by atoms with Gasteiger partial charge in [-0.15, -0.1) is 5.10 Å². The Labute approximate surface area is 82.5 Å². The Morgan fingerprint density at radius 1 is 1.33 bits per heavy atom. The van der Waals surface area contributed by atoms with Crippen LogP contribution in [-0.4, -0.2) is 15.0 Å². The van der Waals surface area contributed by atoms with Gasteiger partial charge >= 0.3 is 6.18 Å². The van der Waals surface area contributed by atoms with Crippen LogP contribution in [0.5, 0.6) is 0 Å². The fraction of sp³-hybridized carbons (Fsp3) is 0.111. The number of nitrogens with zero attached hydrogens (tertiary/aromatic N) is 3. The van der Waals surface area contributed by atoms with Crippen molar-refractivity contribution < 1.29 is 13.2 Å². The molecule has 0 fully saturated rings. The molecule has 3 nitrogen and oxygen atoms in total. The Morgan fingerprint density at radius 3 is 2.67 bits per heavy atom. The summed E-state index contributed by atoms with van der Waals surface area (Å²) in [6, 6.07) is 5.21. The van der Waals surface area contributed by atoms with E-state index in [4.69, 9.17) is 6.42 Å². The minimum Gasteiger partial charge on any atom is -0.169 e. The van der Waals surface area contributed by atoms with Crippen LogP contribution in [0.25, 0.3) is 11.0 Å². The lowest BCUT2D eigenvalue weighted by atomic mass is 10.2. The van der Waals surface area contributed by atoms with E-state index >= 15 is 0 Å². The molecule has 15 heavy (non-hydrogen) atoms. The van der Waals surface area contributed by atoms with Crippen LogP contribution in [0.2, 0.25) is 0 Å². The van der Waals surface area contributed by atoms with Gasteiger partial charge in [0.25, 0.3) is 0 Å². The minimum atomic E-state index is -4.39. The van der Waals surface area contributed by atoms with Gasteiger partial charge in [-0.25, -0.2) is 0 Å². The average Bonchev–Trinajstić information content (AvgIpc) is 2.57. The fourth-order valence-electron chi connectivity index (χ4n) is 1.19. The first-order valence-corrected chi connectivity index (χ1v) is 3.91. The second kappa shape index (κ2) is 2.98. The van der Waals surface area contributed by atoms with Crippen molar-refractivity contribution in [2.24, 2.45) is 0 Å². The highest BCUT2D eigenvalue weighted by atomic mass is 19.4. The number of halogens is 3. The predicted molar refractivity (Wildman–Crippen MR) is 46.8 cm³/mol. The topological polar surface area (TPSA) is 30.7 Å². The molecule has 0 aliphatic heterocycles. The zero-order valence-electron chi connectivity index (χ0n) is 7.28. The number of hydrogen-bond acceptors (Lipinski definition) is 2. The van der Waals surface area contributed by atoms with Crippen LogP contribution >= 0.6 is 0 Å². The van der Waals surface area contributed by atoms with E-state index in [-0.39, 0.29) is 5.52 Å². The zero-order valence-corrected chi connectivity index (χ0v) is 7.28. The molecule has 0 bridgehead atoms. The molecule has 1 aromatic heterocycles. The van der Waals surface area contributed by atoms with Gasteiger partial charge in [-0.2, -0.15) is 17.9 Å². The van der Waals surface area contributed by atoms with Crippen molar-refractivity contribution in [3.05, 3.63) is 23.8 Å². The molecule has 0 spiro atoms. The molecule has 0 unspecified atom stereocenters. The van der Waals surface area contributed by atoms with Crippen LogP contribution in [0.4, 0.5) is 13.2 Å². The maximum Gasteiger partial charge on any atom is 0.416 e. The van der Waals surface area contributed by atoms with Gasteiger partial charge in [0.2, 0.25) is 0 Å². The Kier molecular flexibility index (Phi) is 1.89. The summed E-state index contributed by atoms with van der Waals surface area (Å²) in [7, 11) is 0. The fourth-order valence-corrected chi connectivity index (χ4v) is 1.19. The first-order chi connectivity index (χ1) is 7.02. The highest BCUT2D eigenvalue weighted by Crippen LogP contribution is 2.30. The molecule has 2 aromatic rings. The summed E-state index contributed by atoms with van der Waals surface area (Å²) >= 11 is 0. The maximum absolute atomic E-state index is 12.4. The zero-order chi connectivity index (χ0) is 11.1. The molecule has 0 aliphatic carbocycles. The Morgan fingerprint density at radius 2 is 2.07 bits per heavy atom. The van der Waals surface area contributed by atoms with Gasteiger partial charge in [-0.3, -0.25) is 0 Å². The van der Waals surface area contributed by atoms with Crippen molar-refractivity contribution in [3.8, 4) is 12.5 Å². The molecule has 76 valence electrons. The first-order valence-electron chi connectivity index (χ1n) is 3.91. The van der Waals surface area contributed by atoms with E-state index < -0.39 is 11.7 Å². The Balaban J connectivity index is 2.69. The maximum atomic E-state index is 12.4. The normalized spacial score (nSPS) is 11.6. The SMILES string of the molecule is C#Cn1nnc2ccc(C(F)(F)F)cc21. The molecule has 0 N–H and O–H groups in total. The van der Waals surface area contributed by atoms with Crippen molar-refractivity contribution in [1.29, 1.82) is 0 Å². The van der Waals surface area contributed by atoms with Crippen molar-refractivity contribution in [2.75, 3.05) is 0 Å². The monoisotopic (exact) mass is 211 g/mol. The van der Waals surface area contributed by atoms with E-state index in [0.29, 0.717) is 5.52 Å². The third-order valence-corrected chi connectivity index (χ3v) is 1.90. The summed E-state index contributed by atoms with van der Waals surface area (Å²) in [4.78, 5) is 0. The highest BCUT2D eigenvalue weighted by Gasteiger charge is 2.30. The lowest BCUT2D eigenvalue weighted by Gasteiger charge is -2.05. The Bertz CT molecular complexity index is 548. The largest absolute Gasteiger partial charge is 0.416 e. The smallest absolute Gasteiger partial charge is 0.169 e. The van der Waals surface area contributed by atoms with Crippen molar-refractivity contribution in [3.63, 3.8) is 0 Å². The lowest BCUT2D eigenvalue weighted by Crippen LogP contribution is -2.04. The molecular formula is C9H4F3N3. The molecule has 2 rings (SSSR count). The first kappa shape index (κ1) is 9.52. The molecule has 0 saturated heterocycles. The van der Waals surface area contributed by atoms with Gasteiger partial charge in [0.05, 0.1) is 5.56 Å². The molecule has 0 radical (unpaired) electrons. The molecule has 0 atom stereocenters. The van der Waals surface area contributed by atoms with E-state index in [1.807, 2.05) is 0 Å². The average molecular weight is 211 g/mol.